The quantitative estimate of drug-likeness (QED) is 0.308. The summed E-state index contributed by atoms with van der Waals surface area (Å²) in [5.74, 6) is -1.45. The third kappa shape index (κ3) is 4.49. The van der Waals surface area contributed by atoms with Crippen molar-refractivity contribution in [3.63, 3.8) is 0 Å². The summed E-state index contributed by atoms with van der Waals surface area (Å²) in [5.41, 5.74) is 0.147. The van der Waals surface area contributed by atoms with Gasteiger partial charge in [0.1, 0.15) is 12.2 Å². The van der Waals surface area contributed by atoms with Gasteiger partial charge in [-0.25, -0.2) is 4.79 Å². The number of nitrogens with zero attached hydrogens (tertiary/aromatic N) is 1. The molecule has 0 aliphatic carbocycles. The van der Waals surface area contributed by atoms with Gasteiger partial charge >= 0.3 is 5.97 Å². The number of ether oxygens (including phenoxy) is 3. The van der Waals surface area contributed by atoms with Crippen molar-refractivity contribution in [3.8, 4) is 0 Å². The lowest BCUT2D eigenvalue weighted by molar-refractivity contribution is -0.479. The summed E-state index contributed by atoms with van der Waals surface area (Å²) < 4.78 is 16.2. The lowest BCUT2D eigenvalue weighted by Crippen LogP contribution is -2.29. The maximum absolute atomic E-state index is 11.7. The molecule has 0 amide bonds. The summed E-state index contributed by atoms with van der Waals surface area (Å²) in [6.45, 7) is 3.15. The number of hydrogen-bond donors (Lipinski definition) is 1. The Kier molecular flexibility index (Phi) is 6.92. The molecule has 0 radical (unpaired) electrons. The molecule has 22 heavy (non-hydrogen) atoms. The minimum Gasteiger partial charge on any atom is -0.466 e. The van der Waals surface area contributed by atoms with Crippen molar-refractivity contribution in [2.75, 3.05) is 20.3 Å². The van der Waals surface area contributed by atoms with E-state index in [0.717, 1.165) is 0 Å². The predicted octanol–water partition coefficient (Wildman–Crippen LogP) is 1.05. The second kappa shape index (κ2) is 8.21. The Labute approximate surface area is 129 Å². The van der Waals surface area contributed by atoms with Gasteiger partial charge < -0.3 is 19.3 Å². The molecule has 126 valence electrons. The molecule has 1 rings (SSSR count). The first kappa shape index (κ1) is 18.5. The van der Waals surface area contributed by atoms with E-state index in [1.165, 1.54) is 13.2 Å². The predicted molar refractivity (Wildman–Crippen MR) is 76.7 cm³/mol. The van der Waals surface area contributed by atoms with Crippen LogP contribution in [0.1, 0.15) is 33.1 Å². The Morgan fingerprint density at radius 2 is 2.05 bits per heavy atom. The zero-order chi connectivity index (χ0) is 16.8. The van der Waals surface area contributed by atoms with E-state index >= 15 is 0 Å². The molecular formula is C14H23NO7. The van der Waals surface area contributed by atoms with Crippen LogP contribution in [0.4, 0.5) is 0 Å². The van der Waals surface area contributed by atoms with Crippen LogP contribution in [0.5, 0.6) is 0 Å². The van der Waals surface area contributed by atoms with Crippen LogP contribution in [0.2, 0.25) is 0 Å². The molecule has 1 saturated heterocycles. The maximum Gasteiger partial charge on any atom is 0.333 e. The Balaban J connectivity index is 2.96. The number of nitro groups is 1. The Hall–Kier alpha value is -1.51. The van der Waals surface area contributed by atoms with Crippen LogP contribution in [0, 0.1) is 10.1 Å². The zero-order valence-corrected chi connectivity index (χ0v) is 13.1. The van der Waals surface area contributed by atoms with Gasteiger partial charge in [-0.2, -0.15) is 0 Å². The molecule has 1 aliphatic rings. The van der Waals surface area contributed by atoms with Crippen LogP contribution in [0.15, 0.2) is 11.6 Å². The molecule has 1 N–H and O–H groups in total. The van der Waals surface area contributed by atoms with Crippen LogP contribution in [-0.4, -0.2) is 54.3 Å². The van der Waals surface area contributed by atoms with Crippen LogP contribution < -0.4 is 0 Å². The molecule has 2 atom stereocenters. The van der Waals surface area contributed by atoms with E-state index in [1.54, 1.807) is 0 Å². The average molecular weight is 317 g/mol. The van der Waals surface area contributed by atoms with Gasteiger partial charge in [-0.1, -0.05) is 13.8 Å². The van der Waals surface area contributed by atoms with Crippen molar-refractivity contribution < 1.29 is 29.0 Å². The van der Waals surface area contributed by atoms with Crippen LogP contribution in [0.3, 0.4) is 0 Å². The number of hydrogen-bond acceptors (Lipinski definition) is 7. The molecule has 1 aliphatic heterocycles. The number of rotatable bonds is 8. The second-order valence-corrected chi connectivity index (χ2v) is 5.03. The first-order chi connectivity index (χ1) is 10.4. The van der Waals surface area contributed by atoms with E-state index in [1.807, 2.05) is 13.8 Å². The summed E-state index contributed by atoms with van der Waals surface area (Å²) in [5, 5.41) is 19.9. The van der Waals surface area contributed by atoms with Gasteiger partial charge in [0, 0.05) is 16.9 Å². The molecular weight excluding hydrogens is 294 g/mol. The molecule has 0 aromatic rings. The van der Waals surface area contributed by atoms with Gasteiger partial charge in [-0.3, -0.25) is 10.1 Å². The highest BCUT2D eigenvalue weighted by Gasteiger charge is 2.44. The monoisotopic (exact) mass is 317 g/mol. The lowest BCUT2D eigenvalue weighted by atomic mass is 10.1. The minimum absolute atomic E-state index is 0.0665. The van der Waals surface area contributed by atoms with Gasteiger partial charge in [0.25, 0.3) is 0 Å². The van der Waals surface area contributed by atoms with E-state index in [2.05, 4.69) is 4.74 Å². The number of aliphatic hydroxyl groups is 1. The smallest absolute Gasteiger partial charge is 0.333 e. The van der Waals surface area contributed by atoms with Crippen molar-refractivity contribution in [1.29, 1.82) is 0 Å². The topological polar surface area (TPSA) is 108 Å². The zero-order valence-electron chi connectivity index (χ0n) is 13.1. The molecule has 1 fully saturated rings. The molecule has 2 unspecified atom stereocenters. The number of carbonyl (C=O) groups is 1. The molecule has 0 aromatic carbocycles. The van der Waals surface area contributed by atoms with E-state index in [9.17, 15) is 20.0 Å². The van der Waals surface area contributed by atoms with E-state index in [4.69, 9.17) is 9.47 Å². The Morgan fingerprint density at radius 3 is 2.50 bits per heavy atom. The average Bonchev–Trinajstić information content (AvgIpc) is 2.89. The first-order valence-electron chi connectivity index (χ1n) is 7.28. The third-order valence-electron chi connectivity index (χ3n) is 3.72. The maximum atomic E-state index is 11.7. The van der Waals surface area contributed by atoms with Crippen molar-refractivity contribution in [1.82, 2.24) is 0 Å². The van der Waals surface area contributed by atoms with Crippen LogP contribution in [-0.2, 0) is 19.0 Å². The highest BCUT2D eigenvalue weighted by atomic mass is 16.8. The Bertz CT molecular complexity index is 431. The summed E-state index contributed by atoms with van der Waals surface area (Å²) in [6.07, 6.45) is 1.31. The summed E-state index contributed by atoms with van der Waals surface area (Å²) in [6, 6.07) is 0. The van der Waals surface area contributed by atoms with E-state index in [0.29, 0.717) is 12.8 Å². The normalized spacial score (nSPS) is 24.3. The minimum atomic E-state index is -0.807. The fourth-order valence-corrected chi connectivity index (χ4v) is 2.36. The van der Waals surface area contributed by atoms with Gasteiger partial charge in [0.15, 0.2) is 5.79 Å². The van der Waals surface area contributed by atoms with Crippen LogP contribution >= 0.6 is 0 Å². The summed E-state index contributed by atoms with van der Waals surface area (Å²) in [4.78, 5) is 21.7. The van der Waals surface area contributed by atoms with Crippen LogP contribution in [0.25, 0.3) is 0 Å². The molecule has 8 nitrogen and oxygen atoms in total. The molecule has 0 spiro atoms. The van der Waals surface area contributed by atoms with Crippen molar-refractivity contribution in [2.45, 2.75) is 51.1 Å². The van der Waals surface area contributed by atoms with Gasteiger partial charge in [0.05, 0.1) is 13.7 Å². The molecule has 1 heterocycles. The number of esters is 1. The molecule has 0 saturated carbocycles. The lowest BCUT2D eigenvalue weighted by Gasteiger charge is -2.24. The molecule has 0 bridgehead atoms. The largest absolute Gasteiger partial charge is 0.466 e. The highest BCUT2D eigenvalue weighted by molar-refractivity contribution is 5.88. The standard InChI is InChI=1S/C14H23NO7/c1-4-14(5-2)21-11(12(9-16)22-14)8-10(13(17)20-3)6-7-15(18)19/h8,11-12,16H,4-7,9H2,1-3H3. The first-order valence-corrected chi connectivity index (χ1v) is 7.28. The van der Waals surface area contributed by atoms with Crippen molar-refractivity contribution >= 4 is 5.97 Å². The Morgan fingerprint density at radius 1 is 1.41 bits per heavy atom. The van der Waals surface area contributed by atoms with Gasteiger partial charge in [-0.05, 0) is 18.9 Å². The fraction of sp³-hybridized carbons (Fsp3) is 0.786. The van der Waals surface area contributed by atoms with E-state index < -0.39 is 28.9 Å². The SMILES string of the molecule is CCC1(CC)OC(C=C(CC[N+](=O)[O-])C(=O)OC)C(CO)O1. The summed E-state index contributed by atoms with van der Waals surface area (Å²) in [7, 11) is 1.21. The molecule has 8 heteroatoms. The molecule has 0 aromatic heterocycles. The fourth-order valence-electron chi connectivity index (χ4n) is 2.36. The van der Waals surface area contributed by atoms with Gasteiger partial charge in [-0.15, -0.1) is 0 Å². The third-order valence-corrected chi connectivity index (χ3v) is 3.72. The summed E-state index contributed by atoms with van der Waals surface area (Å²) >= 11 is 0. The number of aliphatic hydroxyl groups excluding tert-OH is 1. The number of methoxy groups -OCH3 is 1. The number of carbonyl (C=O) groups excluding carboxylic acids is 1. The van der Waals surface area contributed by atoms with Crippen molar-refractivity contribution in [2.24, 2.45) is 0 Å². The van der Waals surface area contributed by atoms with E-state index in [-0.39, 0.29) is 25.1 Å². The highest BCUT2D eigenvalue weighted by Crippen LogP contribution is 2.35. The van der Waals surface area contributed by atoms with Gasteiger partial charge in [0.2, 0.25) is 6.54 Å². The second-order valence-electron chi connectivity index (χ2n) is 5.03. The van der Waals surface area contributed by atoms with Crippen molar-refractivity contribution in [3.05, 3.63) is 21.8 Å².